The molecule has 6 nitrogen and oxygen atoms in total. The van der Waals surface area contributed by atoms with Crippen molar-refractivity contribution in [1.29, 1.82) is 0 Å². The molecule has 31 heavy (non-hydrogen) atoms. The molecule has 1 saturated heterocycles. The maximum absolute atomic E-state index is 13.2. The van der Waals surface area contributed by atoms with E-state index in [0.717, 1.165) is 18.4 Å². The van der Waals surface area contributed by atoms with E-state index in [0.29, 0.717) is 12.8 Å². The van der Waals surface area contributed by atoms with Crippen molar-refractivity contribution >= 4 is 24.0 Å². The highest BCUT2D eigenvalue weighted by Crippen LogP contribution is 2.70. The van der Waals surface area contributed by atoms with Crippen molar-refractivity contribution in [3.63, 3.8) is 0 Å². The predicted molar refractivity (Wildman–Crippen MR) is 115 cm³/mol. The third kappa shape index (κ3) is 2.78. The van der Waals surface area contributed by atoms with Crippen LogP contribution in [0.15, 0.2) is 23.8 Å². The molecule has 0 aromatic heterocycles. The number of rotatable bonds is 2. The van der Waals surface area contributed by atoms with E-state index in [1.807, 2.05) is 13.0 Å². The van der Waals surface area contributed by atoms with Gasteiger partial charge in [0.05, 0.1) is 12.2 Å². The van der Waals surface area contributed by atoms with Crippen LogP contribution in [0, 0.1) is 28.6 Å². The van der Waals surface area contributed by atoms with Crippen LogP contribution in [0.5, 0.6) is 0 Å². The molecule has 0 radical (unpaired) electrons. The summed E-state index contributed by atoms with van der Waals surface area (Å²) in [6.07, 6.45) is 7.04. The van der Waals surface area contributed by atoms with Gasteiger partial charge in [0.15, 0.2) is 23.0 Å². The van der Waals surface area contributed by atoms with Crippen molar-refractivity contribution in [3.8, 4) is 0 Å². The zero-order valence-corrected chi connectivity index (χ0v) is 19.4. The fraction of sp³-hybridized carbons (Fsp3) is 0.750. The molecule has 0 aromatic carbocycles. The molecule has 5 rings (SSSR count). The van der Waals surface area contributed by atoms with Crippen molar-refractivity contribution in [2.45, 2.75) is 77.0 Å². The highest BCUT2D eigenvalue weighted by atomic mass is 35.5. The second-order valence-electron chi connectivity index (χ2n) is 10.9. The Hall–Kier alpha value is -1.05. The van der Waals surface area contributed by atoms with E-state index in [2.05, 4.69) is 6.92 Å². The molecule has 8 atom stereocenters. The lowest BCUT2D eigenvalue weighted by Gasteiger charge is -2.59. The molecule has 2 unspecified atom stereocenters. The van der Waals surface area contributed by atoms with Crippen LogP contribution in [0.1, 0.15) is 53.4 Å². The molecular weight excluding hydrogens is 420 g/mol. The smallest absolute Gasteiger partial charge is 0.193 e. The highest BCUT2D eigenvalue weighted by Gasteiger charge is 2.76. The minimum absolute atomic E-state index is 0. The number of aliphatic hydroxyl groups is 2. The molecule has 5 aliphatic rings. The van der Waals surface area contributed by atoms with E-state index in [1.165, 1.54) is 0 Å². The summed E-state index contributed by atoms with van der Waals surface area (Å²) < 4.78 is 12.6. The number of carbonyl (C=O) groups excluding carboxylic acids is 2. The lowest BCUT2D eigenvalue weighted by Crippen LogP contribution is -2.63. The molecule has 1 aliphatic heterocycles. The minimum Gasteiger partial charge on any atom is -0.393 e. The Balaban J connectivity index is 0.00000231. The van der Waals surface area contributed by atoms with Crippen LogP contribution in [0.2, 0.25) is 0 Å². The second kappa shape index (κ2) is 6.97. The SMILES string of the molecule is CC1(C)OC2C[C@H]3[C@@H]4CCC5=CC(=O)C=C[C@]5(C)[C@H]4C(O)C[C@]3(C)[C@]2(C(=O)CO)O1.Cl. The van der Waals surface area contributed by atoms with Gasteiger partial charge in [-0.25, -0.2) is 0 Å². The standard InChI is InChI=1S/C24H32O6.ClH/c1-21(2)29-19-10-16-15-6-5-13-9-14(26)7-8-22(13,3)20(15)17(27)11-23(16,4)24(19,30-21)18(28)12-25;/h7-9,15-17,19-20,25,27H,5-6,10-12H2,1-4H3;1H/t15-,16-,17?,19?,20+,22-,23-,24+;/m0./s1. The fourth-order valence-corrected chi connectivity index (χ4v) is 8.04. The molecular formula is C24H33ClO6. The molecule has 2 N–H and O–H groups in total. The lowest BCUT2D eigenvalue weighted by atomic mass is 9.46. The zero-order chi connectivity index (χ0) is 21.7. The molecule has 1 heterocycles. The van der Waals surface area contributed by atoms with Crippen LogP contribution < -0.4 is 0 Å². The van der Waals surface area contributed by atoms with Crippen LogP contribution in [0.3, 0.4) is 0 Å². The number of fused-ring (bicyclic) bond motifs is 7. The van der Waals surface area contributed by atoms with Crippen molar-refractivity contribution in [3.05, 3.63) is 23.8 Å². The highest BCUT2D eigenvalue weighted by molar-refractivity contribution is 6.01. The van der Waals surface area contributed by atoms with Crippen molar-refractivity contribution in [2.24, 2.45) is 28.6 Å². The zero-order valence-electron chi connectivity index (χ0n) is 18.6. The van der Waals surface area contributed by atoms with E-state index in [4.69, 9.17) is 9.47 Å². The molecule has 4 aliphatic carbocycles. The molecule has 7 heteroatoms. The van der Waals surface area contributed by atoms with Gasteiger partial charge in [-0.15, -0.1) is 12.4 Å². The summed E-state index contributed by atoms with van der Waals surface area (Å²) in [4.78, 5) is 25.1. The second-order valence-corrected chi connectivity index (χ2v) is 10.9. The van der Waals surface area contributed by atoms with Gasteiger partial charge in [-0.3, -0.25) is 9.59 Å². The maximum Gasteiger partial charge on any atom is 0.193 e. The number of Topliss-reactive ketones (excluding diaryl/α,β-unsaturated/α-hetero) is 1. The van der Waals surface area contributed by atoms with Gasteiger partial charge in [0, 0.05) is 16.7 Å². The average molecular weight is 453 g/mol. The van der Waals surface area contributed by atoms with E-state index < -0.39 is 35.6 Å². The van der Waals surface area contributed by atoms with Gasteiger partial charge in [0.2, 0.25) is 0 Å². The quantitative estimate of drug-likeness (QED) is 0.669. The maximum atomic E-state index is 13.2. The van der Waals surface area contributed by atoms with Gasteiger partial charge in [-0.1, -0.05) is 25.5 Å². The summed E-state index contributed by atoms with van der Waals surface area (Å²) in [5, 5.41) is 21.3. The summed E-state index contributed by atoms with van der Waals surface area (Å²) in [7, 11) is 0. The predicted octanol–water partition coefficient (Wildman–Crippen LogP) is 2.75. The third-order valence-electron chi connectivity index (χ3n) is 9.05. The number of halogens is 1. The summed E-state index contributed by atoms with van der Waals surface area (Å²) in [5.41, 5.74) is -1.12. The van der Waals surface area contributed by atoms with Gasteiger partial charge in [-0.2, -0.15) is 0 Å². The van der Waals surface area contributed by atoms with Gasteiger partial charge < -0.3 is 19.7 Å². The molecule has 0 amide bonds. The minimum atomic E-state index is -1.24. The van der Waals surface area contributed by atoms with Gasteiger partial charge >= 0.3 is 0 Å². The fourth-order valence-electron chi connectivity index (χ4n) is 8.04. The molecule has 172 valence electrons. The van der Waals surface area contributed by atoms with Crippen LogP contribution in [0.25, 0.3) is 0 Å². The van der Waals surface area contributed by atoms with Crippen LogP contribution in [-0.2, 0) is 19.1 Å². The summed E-state index contributed by atoms with van der Waals surface area (Å²) in [5.74, 6) is -0.947. The lowest BCUT2D eigenvalue weighted by molar-refractivity contribution is -0.225. The Morgan fingerprint density at radius 3 is 2.65 bits per heavy atom. The summed E-state index contributed by atoms with van der Waals surface area (Å²) in [6, 6.07) is 0. The number of hydrogen-bond donors (Lipinski definition) is 2. The van der Waals surface area contributed by atoms with E-state index in [1.54, 1.807) is 26.0 Å². The summed E-state index contributed by atoms with van der Waals surface area (Å²) in [6.45, 7) is 7.19. The third-order valence-corrected chi connectivity index (χ3v) is 9.05. The Bertz CT molecular complexity index is 879. The Kier molecular flexibility index (Phi) is 5.20. The van der Waals surface area contributed by atoms with Crippen molar-refractivity contribution < 1.29 is 29.3 Å². The van der Waals surface area contributed by atoms with Crippen LogP contribution in [0.4, 0.5) is 0 Å². The largest absolute Gasteiger partial charge is 0.393 e. The number of carbonyl (C=O) groups is 2. The first-order valence-corrected chi connectivity index (χ1v) is 11.1. The number of ketones is 2. The molecule has 0 spiro atoms. The Morgan fingerprint density at radius 1 is 1.26 bits per heavy atom. The first kappa shape index (κ1) is 23.1. The normalized spacial score (nSPS) is 49.3. The molecule has 0 aromatic rings. The van der Waals surface area contributed by atoms with Gasteiger partial charge in [0.1, 0.15) is 6.61 Å². The molecule has 3 saturated carbocycles. The number of aliphatic hydroxyl groups excluding tert-OH is 2. The summed E-state index contributed by atoms with van der Waals surface area (Å²) >= 11 is 0. The van der Waals surface area contributed by atoms with Gasteiger partial charge in [-0.05, 0) is 63.5 Å². The number of ether oxygens (including phenoxy) is 2. The first-order chi connectivity index (χ1) is 14.0. The Labute approximate surface area is 189 Å². The number of hydrogen-bond acceptors (Lipinski definition) is 6. The van der Waals surface area contributed by atoms with E-state index in [9.17, 15) is 19.8 Å². The molecule has 4 fully saturated rings. The van der Waals surface area contributed by atoms with Crippen LogP contribution in [-0.4, -0.2) is 52.0 Å². The topological polar surface area (TPSA) is 93.1 Å². The monoisotopic (exact) mass is 452 g/mol. The molecule has 0 bridgehead atoms. The van der Waals surface area contributed by atoms with E-state index in [-0.39, 0.29) is 47.1 Å². The van der Waals surface area contributed by atoms with E-state index >= 15 is 0 Å². The van der Waals surface area contributed by atoms with Crippen molar-refractivity contribution in [1.82, 2.24) is 0 Å². The number of allylic oxidation sites excluding steroid dienone is 4. The first-order valence-electron chi connectivity index (χ1n) is 11.1. The van der Waals surface area contributed by atoms with Crippen molar-refractivity contribution in [2.75, 3.05) is 6.61 Å². The average Bonchev–Trinajstić information content (AvgIpc) is 3.07. The Morgan fingerprint density at radius 2 is 1.97 bits per heavy atom. The van der Waals surface area contributed by atoms with Gasteiger partial charge in [0.25, 0.3) is 0 Å². The van der Waals surface area contributed by atoms with Crippen LogP contribution >= 0.6 is 12.4 Å².